The van der Waals surface area contributed by atoms with Crippen molar-refractivity contribution in [1.82, 2.24) is 4.98 Å². The SMILES string of the molecule is CCOC(=O)c1sc2nc(NC(=O)c3ccc(Cl)cc3)sc2c1C. The maximum atomic E-state index is 12.2. The summed E-state index contributed by atoms with van der Waals surface area (Å²) in [5, 5.41) is 3.84. The van der Waals surface area contributed by atoms with Crippen molar-refractivity contribution < 1.29 is 14.3 Å². The minimum atomic E-state index is -0.336. The fourth-order valence-electron chi connectivity index (χ4n) is 2.10. The van der Waals surface area contributed by atoms with Crippen LogP contribution in [0.15, 0.2) is 24.3 Å². The summed E-state index contributed by atoms with van der Waals surface area (Å²) in [4.78, 5) is 29.8. The van der Waals surface area contributed by atoms with Gasteiger partial charge in [-0.25, -0.2) is 9.78 Å². The van der Waals surface area contributed by atoms with Crippen molar-refractivity contribution in [2.75, 3.05) is 11.9 Å². The number of rotatable bonds is 4. The quantitative estimate of drug-likeness (QED) is 0.663. The van der Waals surface area contributed by atoms with Crippen LogP contribution in [0.25, 0.3) is 9.53 Å². The molecule has 5 nitrogen and oxygen atoms in total. The van der Waals surface area contributed by atoms with E-state index in [1.807, 2.05) is 6.92 Å². The van der Waals surface area contributed by atoms with Crippen LogP contribution in [0.4, 0.5) is 5.13 Å². The molecule has 1 amide bonds. The third kappa shape index (κ3) is 3.28. The largest absolute Gasteiger partial charge is 0.462 e. The summed E-state index contributed by atoms with van der Waals surface area (Å²) in [5.74, 6) is -0.590. The van der Waals surface area contributed by atoms with Gasteiger partial charge in [-0.05, 0) is 43.7 Å². The topological polar surface area (TPSA) is 68.3 Å². The average molecular weight is 381 g/mol. The average Bonchev–Trinajstić information content (AvgIpc) is 3.07. The number of benzene rings is 1. The fourth-order valence-corrected chi connectivity index (χ4v) is 4.44. The number of nitrogens with one attached hydrogen (secondary N) is 1. The zero-order valence-corrected chi connectivity index (χ0v) is 15.3. The Labute approximate surface area is 151 Å². The van der Waals surface area contributed by atoms with E-state index >= 15 is 0 Å². The van der Waals surface area contributed by atoms with Gasteiger partial charge in [0.2, 0.25) is 0 Å². The second-order valence-corrected chi connectivity index (χ2v) is 7.33. The Kier molecular flexibility index (Phi) is 4.84. The number of amides is 1. The number of esters is 1. The Morgan fingerprint density at radius 3 is 2.58 bits per heavy atom. The van der Waals surface area contributed by atoms with E-state index in [4.69, 9.17) is 16.3 Å². The van der Waals surface area contributed by atoms with Gasteiger partial charge in [0, 0.05) is 10.6 Å². The van der Waals surface area contributed by atoms with Gasteiger partial charge < -0.3 is 4.74 Å². The number of nitrogens with zero attached hydrogens (tertiary/aromatic N) is 1. The number of thiazole rings is 1. The van der Waals surface area contributed by atoms with Gasteiger partial charge in [-0.1, -0.05) is 22.9 Å². The number of thiophene rings is 1. The second-order valence-electron chi connectivity index (χ2n) is 4.89. The Hall–Kier alpha value is -1.96. The molecule has 124 valence electrons. The lowest BCUT2D eigenvalue weighted by atomic mass is 10.2. The molecule has 3 aromatic rings. The van der Waals surface area contributed by atoms with Crippen LogP contribution in [0.5, 0.6) is 0 Å². The first-order valence-electron chi connectivity index (χ1n) is 7.13. The molecule has 0 bridgehead atoms. The molecule has 1 aromatic carbocycles. The van der Waals surface area contributed by atoms with Crippen LogP contribution in [0.1, 0.15) is 32.5 Å². The number of ether oxygens (including phenoxy) is 1. The number of hydrogen-bond donors (Lipinski definition) is 1. The summed E-state index contributed by atoms with van der Waals surface area (Å²) >= 11 is 8.43. The minimum Gasteiger partial charge on any atom is -0.462 e. The molecule has 0 unspecified atom stereocenters. The molecule has 24 heavy (non-hydrogen) atoms. The lowest BCUT2D eigenvalue weighted by molar-refractivity contribution is 0.0531. The van der Waals surface area contributed by atoms with Crippen LogP contribution in [0.2, 0.25) is 5.02 Å². The van der Waals surface area contributed by atoms with Crippen molar-refractivity contribution in [2.45, 2.75) is 13.8 Å². The van der Waals surface area contributed by atoms with E-state index < -0.39 is 0 Å². The van der Waals surface area contributed by atoms with Crippen molar-refractivity contribution >= 4 is 60.8 Å². The van der Waals surface area contributed by atoms with Crippen LogP contribution in [-0.2, 0) is 4.74 Å². The molecule has 0 aliphatic heterocycles. The third-order valence-corrected chi connectivity index (χ3v) is 5.90. The van der Waals surface area contributed by atoms with Gasteiger partial charge in [-0.15, -0.1) is 11.3 Å². The number of aryl methyl sites for hydroxylation is 1. The number of hydrogen-bond acceptors (Lipinski definition) is 6. The van der Waals surface area contributed by atoms with E-state index in [0.29, 0.717) is 32.0 Å². The molecular formula is C16H13ClN2O3S2. The van der Waals surface area contributed by atoms with Gasteiger partial charge in [-0.3, -0.25) is 10.1 Å². The second kappa shape index (κ2) is 6.88. The first-order valence-corrected chi connectivity index (χ1v) is 9.14. The standard InChI is InChI=1S/C16H13ClN2O3S2/c1-3-22-15(21)12-8(2)11-14(23-12)19-16(24-11)18-13(20)9-4-6-10(17)7-5-9/h4-7H,3H2,1-2H3,(H,18,19,20). The van der Waals surface area contributed by atoms with E-state index in [-0.39, 0.29) is 11.9 Å². The predicted molar refractivity (Wildman–Crippen MR) is 97.6 cm³/mol. The van der Waals surface area contributed by atoms with Gasteiger partial charge >= 0.3 is 5.97 Å². The first-order chi connectivity index (χ1) is 11.5. The van der Waals surface area contributed by atoms with Gasteiger partial charge in [0.25, 0.3) is 5.91 Å². The molecule has 0 atom stereocenters. The highest BCUT2D eigenvalue weighted by Crippen LogP contribution is 2.37. The monoisotopic (exact) mass is 380 g/mol. The van der Waals surface area contributed by atoms with E-state index in [1.54, 1.807) is 31.2 Å². The molecule has 0 radical (unpaired) electrons. The summed E-state index contributed by atoms with van der Waals surface area (Å²) in [6, 6.07) is 6.62. The number of fused-ring (bicyclic) bond motifs is 1. The van der Waals surface area contributed by atoms with Crippen LogP contribution < -0.4 is 5.32 Å². The number of halogens is 1. The predicted octanol–water partition coefficient (Wildman–Crippen LogP) is 4.75. The van der Waals surface area contributed by atoms with E-state index in [2.05, 4.69) is 10.3 Å². The van der Waals surface area contributed by atoms with Gasteiger partial charge in [0.15, 0.2) is 5.13 Å². The molecule has 0 saturated carbocycles. The number of aromatic nitrogens is 1. The molecule has 0 aliphatic carbocycles. The molecule has 0 saturated heterocycles. The Morgan fingerprint density at radius 2 is 1.96 bits per heavy atom. The number of anilines is 1. The molecular weight excluding hydrogens is 368 g/mol. The van der Waals surface area contributed by atoms with E-state index in [9.17, 15) is 9.59 Å². The maximum Gasteiger partial charge on any atom is 0.348 e. The third-order valence-electron chi connectivity index (χ3n) is 3.26. The minimum absolute atomic E-state index is 0.253. The summed E-state index contributed by atoms with van der Waals surface area (Å²) in [7, 11) is 0. The Balaban J connectivity index is 1.82. The summed E-state index contributed by atoms with van der Waals surface area (Å²) in [6.07, 6.45) is 0. The van der Waals surface area contributed by atoms with Crippen molar-refractivity contribution in [3.63, 3.8) is 0 Å². The van der Waals surface area contributed by atoms with Gasteiger partial charge in [0.05, 0.1) is 11.3 Å². The van der Waals surface area contributed by atoms with Gasteiger partial charge in [0.1, 0.15) is 9.71 Å². The van der Waals surface area contributed by atoms with Crippen molar-refractivity contribution in [3.8, 4) is 0 Å². The Morgan fingerprint density at radius 1 is 1.25 bits per heavy atom. The molecule has 1 N–H and O–H groups in total. The fraction of sp³-hybridized carbons (Fsp3) is 0.188. The highest BCUT2D eigenvalue weighted by molar-refractivity contribution is 7.30. The van der Waals surface area contributed by atoms with Crippen LogP contribution in [0.3, 0.4) is 0 Å². The van der Waals surface area contributed by atoms with Crippen molar-refractivity contribution in [2.24, 2.45) is 0 Å². The van der Waals surface area contributed by atoms with Crippen LogP contribution in [0, 0.1) is 6.92 Å². The summed E-state index contributed by atoms with van der Waals surface area (Å²) < 4.78 is 5.92. The lowest BCUT2D eigenvalue weighted by Gasteiger charge is -2.02. The van der Waals surface area contributed by atoms with Crippen LogP contribution >= 0.6 is 34.3 Å². The summed E-state index contributed by atoms with van der Waals surface area (Å²) in [5.41, 5.74) is 1.33. The van der Waals surface area contributed by atoms with Crippen molar-refractivity contribution in [3.05, 3.63) is 45.3 Å². The van der Waals surface area contributed by atoms with Crippen LogP contribution in [-0.4, -0.2) is 23.5 Å². The summed E-state index contributed by atoms with van der Waals surface area (Å²) in [6.45, 7) is 3.96. The van der Waals surface area contributed by atoms with Gasteiger partial charge in [-0.2, -0.15) is 0 Å². The molecule has 0 spiro atoms. The smallest absolute Gasteiger partial charge is 0.348 e. The highest BCUT2D eigenvalue weighted by atomic mass is 35.5. The molecule has 0 aliphatic rings. The molecule has 3 rings (SSSR count). The van der Waals surface area contributed by atoms with E-state index in [0.717, 1.165) is 10.3 Å². The maximum absolute atomic E-state index is 12.2. The highest BCUT2D eigenvalue weighted by Gasteiger charge is 2.20. The molecule has 2 heterocycles. The van der Waals surface area contributed by atoms with E-state index in [1.165, 1.54) is 22.7 Å². The Bertz CT molecular complexity index is 915. The zero-order chi connectivity index (χ0) is 17.3. The van der Waals surface area contributed by atoms with Crippen molar-refractivity contribution in [1.29, 1.82) is 0 Å². The molecule has 0 fully saturated rings. The molecule has 8 heteroatoms. The number of carbonyl (C=O) groups excluding carboxylic acids is 2. The lowest BCUT2D eigenvalue weighted by Crippen LogP contribution is -2.11. The number of carbonyl (C=O) groups is 2. The zero-order valence-electron chi connectivity index (χ0n) is 12.9. The molecule has 2 aromatic heterocycles. The first kappa shape index (κ1) is 16.9. The normalized spacial score (nSPS) is 10.8.